The number of thiophene rings is 1. The molecule has 2 aromatic heterocycles. The summed E-state index contributed by atoms with van der Waals surface area (Å²) in [6.45, 7) is 0. The van der Waals surface area contributed by atoms with Crippen LogP contribution in [-0.2, 0) is 15.8 Å². The summed E-state index contributed by atoms with van der Waals surface area (Å²) in [7, 11) is -4.22. The van der Waals surface area contributed by atoms with Crippen LogP contribution in [0.5, 0.6) is 0 Å². The van der Waals surface area contributed by atoms with Gasteiger partial charge in [0, 0.05) is 5.39 Å². The molecule has 142 valence electrons. The third-order valence-electron chi connectivity index (χ3n) is 3.34. The van der Waals surface area contributed by atoms with Gasteiger partial charge in [-0.1, -0.05) is 17.3 Å². The number of amides is 1. The molecule has 0 saturated carbocycles. The van der Waals surface area contributed by atoms with E-state index in [9.17, 15) is 31.2 Å². The molecule has 27 heavy (non-hydrogen) atoms. The van der Waals surface area contributed by atoms with Gasteiger partial charge in [0.25, 0.3) is 11.7 Å². The lowest BCUT2D eigenvalue weighted by Crippen LogP contribution is -2.31. The molecule has 0 unspecified atom stereocenters. The second-order valence-electron chi connectivity index (χ2n) is 5.30. The van der Waals surface area contributed by atoms with E-state index in [1.807, 2.05) is 0 Å². The first-order valence-electron chi connectivity index (χ1n) is 7.16. The first-order chi connectivity index (χ1) is 12.6. The number of Topliss-reactive ketones (excluding diaryl/α,β-unsaturated/α-hetero) is 1. The Kier molecular flexibility index (Phi) is 4.78. The number of alkyl halides is 3. The third-order valence-corrected chi connectivity index (χ3v) is 5.56. The van der Waals surface area contributed by atoms with Gasteiger partial charge in [-0.2, -0.15) is 13.2 Å². The zero-order chi connectivity index (χ0) is 19.8. The van der Waals surface area contributed by atoms with Crippen LogP contribution in [0.15, 0.2) is 40.9 Å². The normalized spacial score (nSPS) is 12.3. The van der Waals surface area contributed by atoms with Crippen molar-refractivity contribution in [3.63, 3.8) is 0 Å². The predicted molar refractivity (Wildman–Crippen MR) is 88.8 cm³/mol. The van der Waals surface area contributed by atoms with Crippen LogP contribution >= 0.6 is 11.3 Å². The highest BCUT2D eigenvalue weighted by Crippen LogP contribution is 2.26. The summed E-state index contributed by atoms with van der Waals surface area (Å²) in [5, 5.41) is 4.14. The van der Waals surface area contributed by atoms with Crippen LogP contribution < -0.4 is 4.72 Å². The first kappa shape index (κ1) is 19.0. The Morgan fingerprint density at radius 1 is 1.11 bits per heavy atom. The van der Waals surface area contributed by atoms with Crippen LogP contribution in [0.4, 0.5) is 13.2 Å². The number of hydrogen-bond donors (Lipinski definition) is 1. The largest absolute Gasteiger partial charge is 0.455 e. The Bertz CT molecular complexity index is 1130. The number of ketones is 1. The molecule has 3 rings (SSSR count). The number of nitrogens with zero attached hydrogens (tertiary/aromatic N) is 1. The van der Waals surface area contributed by atoms with E-state index in [2.05, 4.69) is 5.16 Å². The minimum atomic E-state index is -5.09. The van der Waals surface area contributed by atoms with Crippen LogP contribution in [0.2, 0.25) is 0 Å². The van der Waals surface area contributed by atoms with Crippen LogP contribution in [0.1, 0.15) is 25.1 Å². The Balaban J connectivity index is 1.75. The highest BCUT2D eigenvalue weighted by Gasteiger charge is 2.40. The predicted octanol–water partition coefficient (Wildman–Crippen LogP) is 2.89. The second-order valence-corrected chi connectivity index (χ2v) is 8.11. The molecule has 0 aliphatic rings. The monoisotopic (exact) mass is 418 g/mol. The maximum absolute atomic E-state index is 12.4. The van der Waals surface area contributed by atoms with Crippen molar-refractivity contribution < 1.29 is 35.7 Å². The van der Waals surface area contributed by atoms with Gasteiger partial charge in [0.1, 0.15) is 11.3 Å². The Morgan fingerprint density at radius 2 is 1.78 bits per heavy atom. The highest BCUT2D eigenvalue weighted by atomic mass is 32.2. The van der Waals surface area contributed by atoms with E-state index in [4.69, 9.17) is 4.52 Å². The van der Waals surface area contributed by atoms with E-state index < -0.39 is 38.5 Å². The first-order valence-corrected chi connectivity index (χ1v) is 9.63. The van der Waals surface area contributed by atoms with Gasteiger partial charge < -0.3 is 4.52 Å². The number of carbonyl (C=O) groups is 2. The molecule has 0 bridgehead atoms. The molecular weight excluding hydrogens is 409 g/mol. The van der Waals surface area contributed by atoms with Gasteiger partial charge in [0.2, 0.25) is 10.0 Å². The van der Waals surface area contributed by atoms with Gasteiger partial charge in [-0.25, -0.2) is 13.1 Å². The summed E-state index contributed by atoms with van der Waals surface area (Å²) in [6, 6.07) is 8.29. The van der Waals surface area contributed by atoms with E-state index in [-0.39, 0.29) is 22.0 Å². The summed E-state index contributed by atoms with van der Waals surface area (Å²) < 4.78 is 68.2. The molecule has 0 aliphatic carbocycles. The molecule has 7 nitrogen and oxygen atoms in total. The zero-order valence-corrected chi connectivity index (χ0v) is 14.7. The van der Waals surface area contributed by atoms with Crippen molar-refractivity contribution >= 4 is 44.0 Å². The Morgan fingerprint density at radius 3 is 2.48 bits per heavy atom. The van der Waals surface area contributed by atoms with E-state index in [0.717, 1.165) is 12.1 Å². The minimum absolute atomic E-state index is 0.00465. The number of carbonyl (C=O) groups excluding carboxylic acids is 2. The molecule has 0 atom stereocenters. The van der Waals surface area contributed by atoms with Gasteiger partial charge >= 0.3 is 6.18 Å². The average Bonchev–Trinajstić information content (AvgIpc) is 3.20. The summed E-state index contributed by atoms with van der Waals surface area (Å²) in [4.78, 5) is 22.1. The lowest BCUT2D eigenvalue weighted by atomic mass is 10.2. The molecule has 0 radical (unpaired) electrons. The van der Waals surface area contributed by atoms with Gasteiger partial charge in [-0.3, -0.25) is 9.59 Å². The fraction of sp³-hybridized carbons (Fsp3) is 0.133. The summed E-state index contributed by atoms with van der Waals surface area (Å²) >= 11 is 0.245. The van der Waals surface area contributed by atoms with Crippen molar-refractivity contribution in [1.29, 1.82) is 0 Å². The Labute approximate surface area is 153 Å². The van der Waals surface area contributed by atoms with E-state index in [1.54, 1.807) is 29.0 Å². The Hall–Kier alpha value is -2.73. The molecule has 0 aliphatic heterocycles. The summed E-state index contributed by atoms with van der Waals surface area (Å²) in [5.74, 6) is -3.95. The highest BCUT2D eigenvalue weighted by molar-refractivity contribution is 7.89. The average molecular weight is 418 g/mol. The molecule has 0 saturated heterocycles. The SMILES string of the molecule is O=C(NS(=O)(=O)Cc1onc2ccccc12)c1ccc(C(=O)C(F)(F)F)s1. The molecule has 0 spiro atoms. The minimum Gasteiger partial charge on any atom is -0.359 e. The van der Waals surface area contributed by atoms with Crippen molar-refractivity contribution in [3.05, 3.63) is 51.9 Å². The lowest BCUT2D eigenvalue weighted by Gasteiger charge is -2.04. The molecule has 1 N–H and O–H groups in total. The van der Waals surface area contributed by atoms with Crippen LogP contribution in [0.25, 0.3) is 10.9 Å². The fourth-order valence-electron chi connectivity index (χ4n) is 2.17. The van der Waals surface area contributed by atoms with E-state index >= 15 is 0 Å². The maximum atomic E-state index is 12.4. The maximum Gasteiger partial charge on any atom is 0.455 e. The number of sulfonamides is 1. The number of hydrogen-bond acceptors (Lipinski definition) is 7. The molecule has 2 heterocycles. The number of nitrogens with one attached hydrogen (secondary N) is 1. The molecule has 1 amide bonds. The van der Waals surface area contributed by atoms with Gasteiger partial charge in [-0.15, -0.1) is 11.3 Å². The van der Waals surface area contributed by atoms with Crippen molar-refractivity contribution in [1.82, 2.24) is 9.88 Å². The third kappa shape index (κ3) is 4.17. The van der Waals surface area contributed by atoms with Gasteiger partial charge in [0.15, 0.2) is 5.76 Å². The van der Waals surface area contributed by atoms with Crippen LogP contribution in [0, 0.1) is 0 Å². The lowest BCUT2D eigenvalue weighted by molar-refractivity contribution is -0.0882. The topological polar surface area (TPSA) is 106 Å². The summed E-state index contributed by atoms with van der Waals surface area (Å²) in [6.07, 6.45) is -5.09. The number of aromatic nitrogens is 1. The number of benzene rings is 1. The molecule has 12 heteroatoms. The van der Waals surface area contributed by atoms with Crippen molar-refractivity contribution in [2.75, 3.05) is 0 Å². The van der Waals surface area contributed by atoms with E-state index in [0.29, 0.717) is 10.9 Å². The molecule has 0 fully saturated rings. The quantitative estimate of drug-likeness (QED) is 0.639. The second kappa shape index (κ2) is 6.78. The smallest absolute Gasteiger partial charge is 0.359 e. The van der Waals surface area contributed by atoms with Gasteiger partial charge in [0.05, 0.1) is 9.75 Å². The molecule has 1 aromatic carbocycles. The van der Waals surface area contributed by atoms with Crippen molar-refractivity contribution in [2.24, 2.45) is 0 Å². The molecule has 3 aromatic rings. The zero-order valence-electron chi connectivity index (χ0n) is 13.1. The fourth-order valence-corrected chi connectivity index (χ4v) is 4.11. The van der Waals surface area contributed by atoms with Crippen LogP contribution in [0.3, 0.4) is 0 Å². The van der Waals surface area contributed by atoms with Gasteiger partial charge in [-0.05, 0) is 24.3 Å². The standard InChI is InChI=1S/C15H9F3N2O5S2/c16-15(17,18)13(21)11-5-6-12(26-11)14(22)20-27(23,24)7-10-8-3-1-2-4-9(8)19-25-10/h1-6H,7H2,(H,20,22). The number of fused-ring (bicyclic) bond motifs is 1. The number of halogens is 3. The van der Waals surface area contributed by atoms with Crippen molar-refractivity contribution in [3.8, 4) is 0 Å². The van der Waals surface area contributed by atoms with E-state index in [1.165, 1.54) is 0 Å². The molecular formula is C15H9F3N2O5S2. The summed E-state index contributed by atoms with van der Waals surface area (Å²) in [5.41, 5.74) is 0.433. The number of rotatable bonds is 5. The van der Waals surface area contributed by atoms with Crippen molar-refractivity contribution in [2.45, 2.75) is 11.9 Å². The van der Waals surface area contributed by atoms with Crippen LogP contribution in [-0.4, -0.2) is 31.4 Å².